The van der Waals surface area contributed by atoms with Crippen LogP contribution in [0.25, 0.3) is 11.1 Å². The summed E-state index contributed by atoms with van der Waals surface area (Å²) in [4.78, 5) is 9.90. The van der Waals surface area contributed by atoms with Crippen LogP contribution in [-0.2, 0) is 21.8 Å². The van der Waals surface area contributed by atoms with Crippen LogP contribution in [0.2, 0.25) is 0 Å². The van der Waals surface area contributed by atoms with E-state index in [-0.39, 0.29) is 23.0 Å². The Kier molecular flexibility index (Phi) is 7.20. The third-order valence-electron chi connectivity index (χ3n) is 14.0. The minimum absolute atomic E-state index is 0.00822. The first-order valence-electron chi connectivity index (χ1n) is 20.8. The Labute approximate surface area is 342 Å². The molecular formula is C53H48BN3O. The van der Waals surface area contributed by atoms with Gasteiger partial charge in [-0.3, -0.25) is 4.90 Å². The van der Waals surface area contributed by atoms with Crippen LogP contribution in [0.1, 0.15) is 88.3 Å². The van der Waals surface area contributed by atoms with Crippen molar-refractivity contribution in [3.8, 4) is 11.1 Å². The van der Waals surface area contributed by atoms with Gasteiger partial charge in [-0.1, -0.05) is 126 Å². The van der Waals surface area contributed by atoms with Crippen LogP contribution in [0, 0.1) is 0 Å². The van der Waals surface area contributed by atoms with E-state index in [9.17, 15) is 5.11 Å². The molecule has 5 heteroatoms. The fourth-order valence-electron chi connectivity index (χ4n) is 11.6. The Morgan fingerprint density at radius 1 is 0.552 bits per heavy atom. The van der Waals surface area contributed by atoms with Crippen molar-refractivity contribution in [3.63, 3.8) is 0 Å². The number of aliphatic hydroxyl groups is 1. The lowest BCUT2D eigenvalue weighted by atomic mass is 9.31. The van der Waals surface area contributed by atoms with Crippen molar-refractivity contribution in [2.24, 2.45) is 0 Å². The molecule has 0 saturated carbocycles. The third kappa shape index (κ3) is 4.77. The molecule has 284 valence electrons. The van der Waals surface area contributed by atoms with Gasteiger partial charge in [0.1, 0.15) is 11.4 Å². The number of fused-ring (bicyclic) bond motifs is 8. The van der Waals surface area contributed by atoms with Crippen molar-refractivity contribution in [1.82, 2.24) is 4.98 Å². The first-order chi connectivity index (χ1) is 27.8. The summed E-state index contributed by atoms with van der Waals surface area (Å²) in [5.41, 5.74) is 17.6. The zero-order valence-corrected chi connectivity index (χ0v) is 34.4. The van der Waals surface area contributed by atoms with Crippen LogP contribution in [-0.4, -0.2) is 16.8 Å². The van der Waals surface area contributed by atoms with Gasteiger partial charge in [0.15, 0.2) is 0 Å². The molecule has 11 rings (SSSR count). The average molecular weight is 754 g/mol. The highest BCUT2D eigenvalue weighted by Crippen LogP contribution is 2.54. The number of pyridine rings is 1. The Hall–Kier alpha value is -5.91. The summed E-state index contributed by atoms with van der Waals surface area (Å²) in [6.07, 6.45) is 2.96. The van der Waals surface area contributed by atoms with E-state index in [1.807, 2.05) is 13.1 Å². The summed E-state index contributed by atoms with van der Waals surface area (Å²) in [7, 11) is 0. The monoisotopic (exact) mass is 753 g/mol. The molecule has 1 aromatic heterocycles. The fourth-order valence-corrected chi connectivity index (χ4v) is 11.6. The van der Waals surface area contributed by atoms with E-state index in [2.05, 4.69) is 191 Å². The molecule has 2 aliphatic carbocycles. The number of para-hydroxylation sites is 3. The maximum Gasteiger partial charge on any atom is 0.249 e. The van der Waals surface area contributed by atoms with Crippen molar-refractivity contribution in [2.45, 2.75) is 76.7 Å². The zero-order valence-electron chi connectivity index (χ0n) is 34.4. The van der Waals surface area contributed by atoms with E-state index in [1.165, 1.54) is 44.3 Å². The van der Waals surface area contributed by atoms with Gasteiger partial charge in [0.25, 0.3) is 0 Å². The van der Waals surface area contributed by atoms with E-state index < -0.39 is 5.60 Å². The molecular weight excluding hydrogens is 705 g/mol. The Balaban J connectivity index is 1.16. The van der Waals surface area contributed by atoms with Crippen molar-refractivity contribution in [3.05, 3.63) is 179 Å². The highest BCUT2D eigenvalue weighted by molar-refractivity contribution is 6.99. The topological polar surface area (TPSA) is 39.6 Å². The molecule has 1 atom stereocenters. The molecule has 0 bridgehead atoms. The normalized spacial score (nSPS) is 19.4. The summed E-state index contributed by atoms with van der Waals surface area (Å²) in [6, 6.07) is 50.9. The van der Waals surface area contributed by atoms with Crippen LogP contribution in [0.4, 0.5) is 34.3 Å². The summed E-state index contributed by atoms with van der Waals surface area (Å²) in [6.45, 7) is 16.2. The number of aromatic nitrogens is 1. The second-order valence-corrected chi connectivity index (χ2v) is 19.0. The Bertz CT molecular complexity index is 2790. The van der Waals surface area contributed by atoms with Gasteiger partial charge >= 0.3 is 0 Å². The van der Waals surface area contributed by atoms with Crippen LogP contribution in [0.3, 0.4) is 0 Å². The number of hydrogen-bond donors (Lipinski definition) is 1. The van der Waals surface area contributed by atoms with Gasteiger partial charge in [0.05, 0.1) is 0 Å². The molecule has 4 aliphatic rings. The number of hydrogen-bond acceptors (Lipinski definition) is 4. The molecule has 0 fully saturated rings. The highest BCUT2D eigenvalue weighted by Gasteiger charge is 2.52. The molecule has 7 aromatic rings. The molecule has 3 heterocycles. The largest absolute Gasteiger partial charge is 0.381 e. The molecule has 4 nitrogen and oxygen atoms in total. The predicted octanol–water partition coefficient (Wildman–Crippen LogP) is 10.7. The fraction of sp³-hybridized carbons (Fsp3) is 0.226. The quantitative estimate of drug-likeness (QED) is 0.182. The standard InChI is InChI=1S/C53H48BN3O/c1-50(2)32-51(3,4)43-31-45-44(29-42(43)50)53(7,58)39-25-26-55-49-48(39)54(45)46-30-41-38(28-47(46)57(49)35-21-15-10-16-22-35)37-24-23-36(27-40(37)52(41,5)6)56(33-17-11-8-12-18-33)34-19-13-9-14-20-34/h8-31,58H,32H2,1-7H3. The summed E-state index contributed by atoms with van der Waals surface area (Å²) < 4.78 is 0. The van der Waals surface area contributed by atoms with Gasteiger partial charge in [-0.2, -0.15) is 0 Å². The maximum atomic E-state index is 12.8. The molecule has 1 N–H and O–H groups in total. The van der Waals surface area contributed by atoms with E-state index in [0.29, 0.717) is 0 Å². The SMILES string of the molecule is CC1(C)CC(C)(C)c2cc3c(cc21)B1c2cc4c(cc2N(c2ccccc2)c2nccc(c21)C3(C)O)-c1ccc(N(c2ccccc2)c2ccccc2)cc1C4(C)C. The molecule has 0 spiro atoms. The number of rotatable bonds is 4. The van der Waals surface area contributed by atoms with Gasteiger partial charge in [-0.15, -0.1) is 0 Å². The maximum absolute atomic E-state index is 12.8. The van der Waals surface area contributed by atoms with E-state index >= 15 is 0 Å². The second kappa shape index (κ2) is 11.8. The lowest BCUT2D eigenvalue weighted by Crippen LogP contribution is -2.65. The van der Waals surface area contributed by atoms with Crippen molar-refractivity contribution in [2.75, 3.05) is 9.80 Å². The Morgan fingerprint density at radius 2 is 1.14 bits per heavy atom. The van der Waals surface area contributed by atoms with Gasteiger partial charge < -0.3 is 10.0 Å². The average Bonchev–Trinajstić information content (AvgIpc) is 3.55. The molecule has 1 unspecified atom stereocenters. The highest BCUT2D eigenvalue weighted by atomic mass is 16.3. The molecule has 6 aromatic carbocycles. The first-order valence-corrected chi connectivity index (χ1v) is 20.8. The lowest BCUT2D eigenvalue weighted by molar-refractivity contribution is 0.103. The first kappa shape index (κ1) is 35.3. The smallest absolute Gasteiger partial charge is 0.249 e. The van der Waals surface area contributed by atoms with Crippen molar-refractivity contribution in [1.29, 1.82) is 0 Å². The van der Waals surface area contributed by atoms with Gasteiger partial charge in [0.2, 0.25) is 6.71 Å². The Morgan fingerprint density at radius 3 is 1.79 bits per heavy atom. The number of nitrogens with zero attached hydrogens (tertiary/aromatic N) is 3. The minimum Gasteiger partial charge on any atom is -0.381 e. The second-order valence-electron chi connectivity index (χ2n) is 19.0. The van der Waals surface area contributed by atoms with Gasteiger partial charge in [-0.05, 0) is 140 Å². The summed E-state index contributed by atoms with van der Waals surface area (Å²) in [5, 5.41) is 12.8. The van der Waals surface area contributed by atoms with Crippen molar-refractivity contribution < 1.29 is 5.11 Å². The molecule has 58 heavy (non-hydrogen) atoms. The molecule has 0 saturated heterocycles. The molecule has 2 aliphatic heterocycles. The van der Waals surface area contributed by atoms with Gasteiger partial charge in [-0.25, -0.2) is 4.98 Å². The number of anilines is 6. The van der Waals surface area contributed by atoms with Crippen LogP contribution in [0.15, 0.2) is 146 Å². The summed E-state index contributed by atoms with van der Waals surface area (Å²) >= 11 is 0. The van der Waals surface area contributed by atoms with Crippen LogP contribution >= 0.6 is 0 Å². The minimum atomic E-state index is -1.19. The van der Waals surface area contributed by atoms with E-state index in [0.717, 1.165) is 57.3 Å². The molecule has 0 radical (unpaired) electrons. The van der Waals surface area contributed by atoms with E-state index in [1.54, 1.807) is 0 Å². The van der Waals surface area contributed by atoms with Crippen LogP contribution in [0.5, 0.6) is 0 Å². The third-order valence-corrected chi connectivity index (χ3v) is 14.0. The van der Waals surface area contributed by atoms with E-state index in [4.69, 9.17) is 4.98 Å². The number of benzene rings is 6. The summed E-state index contributed by atoms with van der Waals surface area (Å²) in [5.74, 6) is 0.890. The lowest BCUT2D eigenvalue weighted by Gasteiger charge is -2.44. The van der Waals surface area contributed by atoms with Gasteiger partial charge in [0, 0.05) is 40.0 Å². The zero-order chi connectivity index (χ0) is 39.9. The van der Waals surface area contributed by atoms with Crippen molar-refractivity contribution >= 4 is 57.4 Å². The predicted molar refractivity (Wildman–Crippen MR) is 242 cm³/mol. The van der Waals surface area contributed by atoms with Crippen LogP contribution < -0.4 is 26.2 Å². The molecule has 0 amide bonds.